The van der Waals surface area contributed by atoms with Crippen LogP contribution in [0.4, 0.5) is 10.1 Å². The van der Waals surface area contributed by atoms with E-state index in [1.807, 2.05) is 18.2 Å². The van der Waals surface area contributed by atoms with Crippen molar-refractivity contribution in [1.82, 2.24) is 5.32 Å². The van der Waals surface area contributed by atoms with E-state index in [-0.39, 0.29) is 11.7 Å². The van der Waals surface area contributed by atoms with Gasteiger partial charge in [-0.2, -0.15) is 0 Å². The Kier molecular flexibility index (Phi) is 4.88. The van der Waals surface area contributed by atoms with Gasteiger partial charge in [-0.3, -0.25) is 4.79 Å². The molecule has 1 aliphatic heterocycles. The molecule has 0 aliphatic carbocycles. The summed E-state index contributed by atoms with van der Waals surface area (Å²) in [4.78, 5) is 17.0. The predicted octanol–water partition coefficient (Wildman–Crippen LogP) is 5.59. The molecule has 1 amide bonds. The average molecular weight is 392 g/mol. The SMILES string of the molecule is Cc1ccc(-c2ccc(/C=C3\SC(=Nc4ccc(F)cc4)NC3=O)o2)cc1C. The Labute approximate surface area is 166 Å². The molecule has 0 spiro atoms. The van der Waals surface area contributed by atoms with Gasteiger partial charge in [0.2, 0.25) is 0 Å². The second kappa shape index (κ2) is 7.48. The standard InChI is InChI=1S/C22H17FN2O2S/c1-13-3-4-15(11-14(13)2)19-10-9-18(27-19)12-20-21(26)25-22(28-20)24-17-7-5-16(23)6-8-17/h3-12H,1-2H3,(H,24,25,26)/b20-12-. The number of aryl methyl sites for hydroxylation is 2. The van der Waals surface area contributed by atoms with Crippen molar-refractivity contribution in [3.05, 3.63) is 82.2 Å². The highest BCUT2D eigenvalue weighted by atomic mass is 32.2. The van der Waals surface area contributed by atoms with Crippen LogP contribution in [-0.4, -0.2) is 11.1 Å². The number of thioether (sulfide) groups is 1. The molecule has 0 bridgehead atoms. The molecule has 0 atom stereocenters. The van der Waals surface area contributed by atoms with Crippen LogP contribution in [-0.2, 0) is 4.79 Å². The lowest BCUT2D eigenvalue weighted by atomic mass is 10.1. The molecule has 1 saturated heterocycles. The highest BCUT2D eigenvalue weighted by Crippen LogP contribution is 2.30. The van der Waals surface area contributed by atoms with Gasteiger partial charge in [0.05, 0.1) is 10.6 Å². The molecule has 2 aromatic carbocycles. The van der Waals surface area contributed by atoms with E-state index in [9.17, 15) is 9.18 Å². The molecule has 0 saturated carbocycles. The number of benzene rings is 2. The molecule has 1 aromatic heterocycles. The maximum Gasteiger partial charge on any atom is 0.264 e. The molecular formula is C22H17FN2O2S. The second-order valence-electron chi connectivity index (χ2n) is 6.46. The predicted molar refractivity (Wildman–Crippen MR) is 111 cm³/mol. The summed E-state index contributed by atoms with van der Waals surface area (Å²) in [5.74, 6) is 0.771. The zero-order valence-corrected chi connectivity index (χ0v) is 16.1. The van der Waals surface area contributed by atoms with Crippen LogP contribution < -0.4 is 5.32 Å². The number of hydrogen-bond acceptors (Lipinski definition) is 4. The van der Waals surface area contributed by atoms with Crippen LogP contribution in [0.2, 0.25) is 0 Å². The zero-order valence-electron chi connectivity index (χ0n) is 15.3. The molecule has 4 nitrogen and oxygen atoms in total. The van der Waals surface area contributed by atoms with Crippen LogP contribution >= 0.6 is 11.8 Å². The Hall–Kier alpha value is -3.12. The molecular weight excluding hydrogens is 375 g/mol. The minimum absolute atomic E-state index is 0.241. The first-order chi connectivity index (χ1) is 13.5. The van der Waals surface area contributed by atoms with Gasteiger partial charge < -0.3 is 9.73 Å². The monoisotopic (exact) mass is 392 g/mol. The van der Waals surface area contributed by atoms with Crippen molar-refractivity contribution >= 4 is 34.6 Å². The van der Waals surface area contributed by atoms with Crippen molar-refractivity contribution in [2.75, 3.05) is 0 Å². The number of aliphatic imine (C=N–C) groups is 1. The molecule has 1 N–H and O–H groups in total. The van der Waals surface area contributed by atoms with Crippen LogP contribution in [0.1, 0.15) is 16.9 Å². The first kappa shape index (κ1) is 18.3. The summed E-state index contributed by atoms with van der Waals surface area (Å²) < 4.78 is 18.9. The Morgan fingerprint density at radius 2 is 1.82 bits per heavy atom. The van der Waals surface area contributed by atoms with Crippen LogP contribution in [0, 0.1) is 19.7 Å². The van der Waals surface area contributed by atoms with Gasteiger partial charge in [0.15, 0.2) is 5.17 Å². The Morgan fingerprint density at radius 3 is 2.57 bits per heavy atom. The first-order valence-electron chi connectivity index (χ1n) is 8.70. The summed E-state index contributed by atoms with van der Waals surface area (Å²) in [6.45, 7) is 4.13. The highest BCUT2D eigenvalue weighted by Gasteiger charge is 2.24. The molecule has 0 radical (unpaired) electrons. The van der Waals surface area contributed by atoms with Crippen LogP contribution in [0.3, 0.4) is 0 Å². The van der Waals surface area contributed by atoms with Crippen molar-refractivity contribution in [1.29, 1.82) is 0 Å². The zero-order chi connectivity index (χ0) is 19.7. The third-order valence-corrected chi connectivity index (χ3v) is 5.31. The van der Waals surface area contributed by atoms with E-state index in [0.29, 0.717) is 21.5 Å². The van der Waals surface area contributed by atoms with E-state index in [0.717, 1.165) is 11.3 Å². The summed E-state index contributed by atoms with van der Waals surface area (Å²) in [5.41, 5.74) is 3.99. The maximum atomic E-state index is 13.0. The van der Waals surface area contributed by atoms with Gasteiger partial charge in [0.1, 0.15) is 17.3 Å². The lowest BCUT2D eigenvalue weighted by molar-refractivity contribution is -0.115. The fourth-order valence-corrected chi connectivity index (χ4v) is 3.54. The number of rotatable bonds is 3. The largest absolute Gasteiger partial charge is 0.457 e. The summed E-state index contributed by atoms with van der Waals surface area (Å²) >= 11 is 1.22. The second-order valence-corrected chi connectivity index (χ2v) is 7.49. The summed E-state index contributed by atoms with van der Waals surface area (Å²) in [6, 6.07) is 15.6. The highest BCUT2D eigenvalue weighted by molar-refractivity contribution is 8.18. The summed E-state index contributed by atoms with van der Waals surface area (Å²) in [5, 5.41) is 3.16. The molecule has 3 aromatic rings. The fourth-order valence-electron chi connectivity index (χ4n) is 2.72. The normalized spacial score (nSPS) is 16.8. The van der Waals surface area contributed by atoms with Crippen molar-refractivity contribution in [3.8, 4) is 11.3 Å². The molecule has 28 heavy (non-hydrogen) atoms. The van der Waals surface area contributed by atoms with Crippen LogP contribution in [0.5, 0.6) is 0 Å². The number of nitrogens with zero attached hydrogens (tertiary/aromatic N) is 1. The molecule has 1 fully saturated rings. The molecule has 2 heterocycles. The molecule has 4 rings (SSSR count). The van der Waals surface area contributed by atoms with Gasteiger partial charge in [-0.25, -0.2) is 9.38 Å². The molecule has 140 valence electrons. The number of carbonyl (C=O) groups excluding carboxylic acids is 1. The van der Waals surface area contributed by atoms with Crippen molar-refractivity contribution in [2.45, 2.75) is 13.8 Å². The summed E-state index contributed by atoms with van der Waals surface area (Å²) in [7, 11) is 0. The lowest BCUT2D eigenvalue weighted by Crippen LogP contribution is -2.19. The maximum absolute atomic E-state index is 13.0. The van der Waals surface area contributed by atoms with Gasteiger partial charge in [0, 0.05) is 11.6 Å². The van der Waals surface area contributed by atoms with E-state index in [1.54, 1.807) is 18.2 Å². The first-order valence-corrected chi connectivity index (χ1v) is 9.52. The Bertz CT molecular complexity index is 1110. The van der Waals surface area contributed by atoms with Crippen LogP contribution in [0.25, 0.3) is 17.4 Å². The number of halogens is 1. The van der Waals surface area contributed by atoms with Gasteiger partial charge in [-0.1, -0.05) is 12.1 Å². The molecule has 6 heteroatoms. The Morgan fingerprint density at radius 1 is 1.04 bits per heavy atom. The summed E-state index contributed by atoms with van der Waals surface area (Å²) in [6.07, 6.45) is 1.69. The van der Waals surface area contributed by atoms with E-state index < -0.39 is 0 Å². The number of amides is 1. The number of amidine groups is 1. The van der Waals surface area contributed by atoms with Gasteiger partial charge in [-0.15, -0.1) is 0 Å². The smallest absolute Gasteiger partial charge is 0.264 e. The Balaban J connectivity index is 1.54. The number of furan rings is 1. The van der Waals surface area contributed by atoms with Crippen LogP contribution in [0.15, 0.2) is 68.9 Å². The van der Waals surface area contributed by atoms with Gasteiger partial charge >= 0.3 is 0 Å². The minimum Gasteiger partial charge on any atom is -0.457 e. The van der Waals surface area contributed by atoms with Crippen molar-refractivity contribution in [3.63, 3.8) is 0 Å². The van der Waals surface area contributed by atoms with Crippen molar-refractivity contribution < 1.29 is 13.6 Å². The number of hydrogen-bond donors (Lipinski definition) is 1. The molecule has 0 unspecified atom stereocenters. The van der Waals surface area contributed by atoms with Gasteiger partial charge in [0.25, 0.3) is 5.91 Å². The third-order valence-electron chi connectivity index (χ3n) is 4.40. The van der Waals surface area contributed by atoms with E-state index in [4.69, 9.17) is 4.42 Å². The van der Waals surface area contributed by atoms with Crippen molar-refractivity contribution in [2.24, 2.45) is 4.99 Å². The van der Waals surface area contributed by atoms with E-state index >= 15 is 0 Å². The topological polar surface area (TPSA) is 54.6 Å². The minimum atomic E-state index is -0.329. The van der Waals surface area contributed by atoms with Gasteiger partial charge in [-0.05, 0) is 79.2 Å². The third kappa shape index (κ3) is 3.92. The fraction of sp³-hybridized carbons (Fsp3) is 0.0909. The average Bonchev–Trinajstić information content (AvgIpc) is 3.27. The number of nitrogens with one attached hydrogen (secondary N) is 1. The lowest BCUT2D eigenvalue weighted by Gasteiger charge is -2.02. The van der Waals surface area contributed by atoms with E-state index in [1.165, 1.54) is 35.0 Å². The van der Waals surface area contributed by atoms with E-state index in [2.05, 4.69) is 36.3 Å². The number of carbonyl (C=O) groups is 1. The quantitative estimate of drug-likeness (QED) is 0.591. The molecule has 1 aliphatic rings.